The number of aromatic nitrogens is 1. The molecular formula is C18H20FN3O3. The van der Waals surface area contributed by atoms with E-state index in [1.165, 1.54) is 6.07 Å². The average molecular weight is 345 g/mol. The smallest absolute Gasteiger partial charge is 0.323 e. The Hall–Kier alpha value is -2.67. The molecule has 132 valence electrons. The lowest BCUT2D eigenvalue weighted by Crippen LogP contribution is -2.49. The van der Waals surface area contributed by atoms with E-state index >= 15 is 0 Å². The number of nitrogens with zero attached hydrogens (tertiary/aromatic N) is 2. The van der Waals surface area contributed by atoms with Crippen molar-refractivity contribution in [2.24, 2.45) is 0 Å². The zero-order valence-electron chi connectivity index (χ0n) is 13.9. The number of rotatable bonds is 4. The molecule has 25 heavy (non-hydrogen) atoms. The number of nitrogens with one attached hydrogen (secondary N) is 1. The minimum Gasteiger partial charge on any atom is -0.488 e. The Morgan fingerprint density at radius 1 is 1.36 bits per heavy atom. The third-order valence-electron chi connectivity index (χ3n) is 3.81. The summed E-state index contributed by atoms with van der Waals surface area (Å²) in [6, 6.07) is 11.4. The number of morpholine rings is 1. The number of pyridine rings is 1. The lowest BCUT2D eigenvalue weighted by Gasteiger charge is -2.32. The van der Waals surface area contributed by atoms with E-state index in [4.69, 9.17) is 9.47 Å². The summed E-state index contributed by atoms with van der Waals surface area (Å²) in [5.41, 5.74) is 0.830. The van der Waals surface area contributed by atoms with E-state index in [0.29, 0.717) is 25.5 Å². The molecule has 1 aromatic heterocycles. The van der Waals surface area contributed by atoms with Crippen LogP contribution in [0, 0.1) is 12.7 Å². The molecule has 0 radical (unpaired) electrons. The van der Waals surface area contributed by atoms with Gasteiger partial charge in [-0.25, -0.2) is 14.2 Å². The average Bonchev–Trinajstić information content (AvgIpc) is 2.61. The van der Waals surface area contributed by atoms with E-state index in [9.17, 15) is 9.18 Å². The standard InChI is InChI=1S/C18H20FN3O3/c1-13-5-4-8-17(20-13)21-18(23)22-9-10-24-14(11-22)12-25-16-7-3-2-6-15(16)19/h2-8,14H,9-12H2,1H3,(H,20,21,23). The third kappa shape index (κ3) is 4.67. The van der Waals surface area contributed by atoms with Crippen LogP contribution in [0.4, 0.5) is 15.0 Å². The van der Waals surface area contributed by atoms with Gasteiger partial charge in [-0.05, 0) is 31.2 Å². The SMILES string of the molecule is Cc1cccc(NC(=O)N2CCOC(COc3ccccc3F)C2)n1. The molecule has 0 aliphatic carbocycles. The maximum atomic E-state index is 13.6. The van der Waals surface area contributed by atoms with Gasteiger partial charge in [0.2, 0.25) is 0 Å². The number of hydrogen-bond donors (Lipinski definition) is 1. The first-order valence-electron chi connectivity index (χ1n) is 8.10. The van der Waals surface area contributed by atoms with Crippen LogP contribution in [0.25, 0.3) is 0 Å². The lowest BCUT2D eigenvalue weighted by atomic mass is 10.3. The molecule has 1 aliphatic rings. The Balaban J connectivity index is 1.53. The number of ether oxygens (including phenoxy) is 2. The first-order valence-corrected chi connectivity index (χ1v) is 8.10. The number of urea groups is 1. The van der Waals surface area contributed by atoms with Gasteiger partial charge in [0.1, 0.15) is 18.5 Å². The van der Waals surface area contributed by atoms with E-state index in [-0.39, 0.29) is 24.5 Å². The monoisotopic (exact) mass is 345 g/mol. The van der Waals surface area contributed by atoms with Crippen LogP contribution in [-0.2, 0) is 4.74 Å². The molecule has 6 nitrogen and oxygen atoms in total. The highest BCUT2D eigenvalue weighted by Gasteiger charge is 2.25. The molecule has 1 fully saturated rings. The number of hydrogen-bond acceptors (Lipinski definition) is 4. The van der Waals surface area contributed by atoms with Crippen molar-refractivity contribution < 1.29 is 18.7 Å². The van der Waals surface area contributed by atoms with Gasteiger partial charge in [0.05, 0.1) is 13.2 Å². The van der Waals surface area contributed by atoms with E-state index in [1.807, 2.05) is 19.1 Å². The molecule has 2 amide bonds. The lowest BCUT2D eigenvalue weighted by molar-refractivity contribution is -0.0342. The molecule has 0 bridgehead atoms. The van der Waals surface area contributed by atoms with Crippen LogP contribution >= 0.6 is 0 Å². The minimum atomic E-state index is -0.418. The maximum absolute atomic E-state index is 13.6. The van der Waals surface area contributed by atoms with Gasteiger partial charge in [0, 0.05) is 12.2 Å². The number of benzene rings is 1. The molecule has 1 aromatic carbocycles. The fourth-order valence-corrected chi connectivity index (χ4v) is 2.55. The zero-order valence-corrected chi connectivity index (χ0v) is 13.9. The molecule has 1 saturated heterocycles. The van der Waals surface area contributed by atoms with E-state index in [2.05, 4.69) is 10.3 Å². The number of carbonyl (C=O) groups excluding carboxylic acids is 1. The zero-order chi connectivity index (χ0) is 17.6. The van der Waals surface area contributed by atoms with Crippen molar-refractivity contribution >= 4 is 11.8 Å². The van der Waals surface area contributed by atoms with Crippen LogP contribution in [0.1, 0.15) is 5.69 Å². The Morgan fingerprint density at radius 3 is 3.00 bits per heavy atom. The first-order chi connectivity index (χ1) is 12.1. The highest BCUT2D eigenvalue weighted by atomic mass is 19.1. The van der Waals surface area contributed by atoms with Gasteiger partial charge in [-0.3, -0.25) is 5.32 Å². The van der Waals surface area contributed by atoms with Gasteiger partial charge in [-0.15, -0.1) is 0 Å². The highest BCUT2D eigenvalue weighted by Crippen LogP contribution is 2.17. The van der Waals surface area contributed by atoms with Gasteiger partial charge < -0.3 is 14.4 Å². The molecule has 1 atom stereocenters. The van der Waals surface area contributed by atoms with Gasteiger partial charge >= 0.3 is 6.03 Å². The number of anilines is 1. The van der Waals surface area contributed by atoms with Crippen molar-refractivity contribution in [1.29, 1.82) is 0 Å². The largest absolute Gasteiger partial charge is 0.488 e. The molecule has 1 N–H and O–H groups in total. The molecule has 2 heterocycles. The highest BCUT2D eigenvalue weighted by molar-refractivity contribution is 5.88. The Kier molecular flexibility index (Phi) is 5.45. The van der Waals surface area contributed by atoms with Gasteiger partial charge in [0.25, 0.3) is 0 Å². The molecule has 0 spiro atoms. The number of para-hydroxylation sites is 1. The molecule has 3 rings (SSSR count). The molecule has 1 unspecified atom stereocenters. The van der Waals surface area contributed by atoms with Crippen LogP contribution in [0.2, 0.25) is 0 Å². The Bertz CT molecular complexity index is 741. The molecule has 1 aliphatic heterocycles. The summed E-state index contributed by atoms with van der Waals surface area (Å²) in [6.07, 6.45) is -0.315. The molecule has 2 aromatic rings. The normalized spacial score (nSPS) is 17.2. The van der Waals surface area contributed by atoms with Crippen LogP contribution in [0.15, 0.2) is 42.5 Å². The van der Waals surface area contributed by atoms with Crippen molar-refractivity contribution in [3.8, 4) is 5.75 Å². The second-order valence-electron chi connectivity index (χ2n) is 5.77. The van der Waals surface area contributed by atoms with Crippen molar-refractivity contribution in [2.75, 3.05) is 31.6 Å². The Morgan fingerprint density at radius 2 is 2.20 bits per heavy atom. The summed E-state index contributed by atoms with van der Waals surface area (Å²) in [5.74, 6) is 0.269. The second-order valence-corrected chi connectivity index (χ2v) is 5.77. The van der Waals surface area contributed by atoms with Crippen LogP contribution in [0.5, 0.6) is 5.75 Å². The summed E-state index contributed by atoms with van der Waals surface area (Å²) in [7, 11) is 0. The van der Waals surface area contributed by atoms with Gasteiger partial charge in [-0.2, -0.15) is 0 Å². The molecule has 0 saturated carbocycles. The van der Waals surface area contributed by atoms with Crippen molar-refractivity contribution in [3.63, 3.8) is 0 Å². The third-order valence-corrected chi connectivity index (χ3v) is 3.81. The second kappa shape index (κ2) is 7.94. The van der Waals surface area contributed by atoms with Crippen molar-refractivity contribution in [3.05, 3.63) is 54.0 Å². The predicted octanol–water partition coefficient (Wildman–Crippen LogP) is 2.84. The predicted molar refractivity (Wildman–Crippen MR) is 91.2 cm³/mol. The van der Waals surface area contributed by atoms with Crippen LogP contribution < -0.4 is 10.1 Å². The Labute approximate surface area is 145 Å². The van der Waals surface area contributed by atoms with Crippen molar-refractivity contribution in [2.45, 2.75) is 13.0 Å². The maximum Gasteiger partial charge on any atom is 0.323 e. The number of carbonyl (C=O) groups is 1. The number of halogens is 1. The van der Waals surface area contributed by atoms with E-state index in [1.54, 1.807) is 29.2 Å². The summed E-state index contributed by atoms with van der Waals surface area (Å²) in [4.78, 5) is 18.3. The fraction of sp³-hybridized carbons (Fsp3) is 0.333. The number of amides is 2. The molecule has 7 heteroatoms. The number of aryl methyl sites for hydroxylation is 1. The summed E-state index contributed by atoms with van der Waals surface area (Å²) in [5, 5.41) is 2.78. The van der Waals surface area contributed by atoms with E-state index in [0.717, 1.165) is 5.69 Å². The topological polar surface area (TPSA) is 63.7 Å². The van der Waals surface area contributed by atoms with Gasteiger partial charge in [0.15, 0.2) is 11.6 Å². The summed E-state index contributed by atoms with van der Waals surface area (Å²) >= 11 is 0. The van der Waals surface area contributed by atoms with E-state index < -0.39 is 5.82 Å². The summed E-state index contributed by atoms with van der Waals surface area (Å²) < 4.78 is 24.6. The fourth-order valence-electron chi connectivity index (χ4n) is 2.55. The van der Waals surface area contributed by atoms with Crippen LogP contribution in [0.3, 0.4) is 0 Å². The quantitative estimate of drug-likeness (QED) is 0.925. The minimum absolute atomic E-state index is 0.174. The van der Waals surface area contributed by atoms with Gasteiger partial charge in [-0.1, -0.05) is 18.2 Å². The molecular weight excluding hydrogens is 325 g/mol. The summed E-state index contributed by atoms with van der Waals surface area (Å²) in [6.45, 7) is 3.29. The van der Waals surface area contributed by atoms with Crippen molar-refractivity contribution in [1.82, 2.24) is 9.88 Å². The van der Waals surface area contributed by atoms with Crippen LogP contribution in [-0.4, -0.2) is 48.3 Å². The first kappa shape index (κ1) is 17.2.